The maximum absolute atomic E-state index is 8.82. The van der Waals surface area contributed by atoms with Crippen molar-refractivity contribution >= 4 is 23.4 Å². The first-order valence-electron chi connectivity index (χ1n) is 4.72. The number of nitrogens with zero attached hydrogens (tertiary/aromatic N) is 4. The second-order valence-electron chi connectivity index (χ2n) is 3.21. The zero-order valence-corrected chi connectivity index (χ0v) is 10.5. The quantitative estimate of drug-likeness (QED) is 0.615. The van der Waals surface area contributed by atoms with Gasteiger partial charge >= 0.3 is 0 Å². The van der Waals surface area contributed by atoms with Crippen LogP contribution < -0.4 is 0 Å². The third-order valence-electron chi connectivity index (χ3n) is 1.87. The lowest BCUT2D eigenvalue weighted by atomic mass is 10.3. The van der Waals surface area contributed by atoms with Gasteiger partial charge in [-0.1, -0.05) is 11.6 Å². The van der Waals surface area contributed by atoms with Crippen molar-refractivity contribution in [2.45, 2.75) is 17.1 Å². The van der Waals surface area contributed by atoms with E-state index in [-0.39, 0.29) is 0 Å². The summed E-state index contributed by atoms with van der Waals surface area (Å²) in [7, 11) is 0. The first-order chi connectivity index (χ1) is 8.17. The van der Waals surface area contributed by atoms with E-state index in [2.05, 4.69) is 15.0 Å². The summed E-state index contributed by atoms with van der Waals surface area (Å²) >= 11 is 7.09. The van der Waals surface area contributed by atoms with Crippen LogP contribution in [0, 0.1) is 18.3 Å². The largest absolute Gasteiger partial charge is 0.231 e. The smallest absolute Gasteiger partial charge is 0.194 e. The first-order valence-corrected chi connectivity index (χ1v) is 5.92. The number of hydrogen-bond donors (Lipinski definition) is 0. The Morgan fingerprint density at radius 2 is 2.18 bits per heavy atom. The highest BCUT2D eigenvalue weighted by Crippen LogP contribution is 2.25. The zero-order valence-electron chi connectivity index (χ0n) is 8.88. The fraction of sp³-hybridized carbons (Fsp3) is 0.0909. The second-order valence-corrected chi connectivity index (χ2v) is 4.59. The predicted octanol–water partition coefficient (Wildman–Crippen LogP) is 2.86. The molecule has 2 aromatic rings. The van der Waals surface area contributed by atoms with Crippen LogP contribution in [0.25, 0.3) is 0 Å². The molecular formula is C11H7ClN4S. The molecule has 2 rings (SSSR count). The van der Waals surface area contributed by atoms with Crippen LogP contribution in [0.3, 0.4) is 0 Å². The molecule has 0 N–H and O–H groups in total. The zero-order chi connectivity index (χ0) is 12.3. The first kappa shape index (κ1) is 11.8. The van der Waals surface area contributed by atoms with Crippen LogP contribution in [-0.2, 0) is 0 Å². The fourth-order valence-corrected chi connectivity index (χ4v) is 2.24. The Morgan fingerprint density at radius 1 is 1.35 bits per heavy atom. The molecule has 0 aromatic carbocycles. The monoisotopic (exact) mass is 262 g/mol. The summed E-state index contributed by atoms with van der Waals surface area (Å²) < 4.78 is 0. The summed E-state index contributed by atoms with van der Waals surface area (Å²) in [4.78, 5) is 12.4. The Hall–Kier alpha value is -1.64. The molecule has 84 valence electrons. The van der Waals surface area contributed by atoms with Crippen molar-refractivity contribution in [3.05, 3.63) is 40.8 Å². The van der Waals surface area contributed by atoms with Crippen LogP contribution in [0.5, 0.6) is 0 Å². The number of aromatic nitrogens is 3. The lowest BCUT2D eigenvalue weighted by Gasteiger charge is -2.01. The minimum Gasteiger partial charge on any atom is -0.231 e. The van der Waals surface area contributed by atoms with Gasteiger partial charge in [0.25, 0.3) is 0 Å². The van der Waals surface area contributed by atoms with Crippen molar-refractivity contribution in [2.24, 2.45) is 0 Å². The van der Waals surface area contributed by atoms with Gasteiger partial charge in [-0.25, -0.2) is 15.0 Å². The average molecular weight is 263 g/mol. The average Bonchev–Trinajstić information content (AvgIpc) is 2.28. The minimum absolute atomic E-state index is 0.291. The van der Waals surface area contributed by atoms with Crippen molar-refractivity contribution in [2.75, 3.05) is 0 Å². The molecule has 4 nitrogen and oxygen atoms in total. The standard InChI is InChI=1S/C11H7ClN4S/c1-7-2-3-14-11(15-7)17-10-5-8(6-13)4-9(12)16-10/h2-5H,1H3. The van der Waals surface area contributed by atoms with Gasteiger partial charge in [0.1, 0.15) is 10.2 Å². The summed E-state index contributed by atoms with van der Waals surface area (Å²) in [6.07, 6.45) is 1.68. The van der Waals surface area contributed by atoms with E-state index >= 15 is 0 Å². The summed E-state index contributed by atoms with van der Waals surface area (Å²) in [5.41, 5.74) is 1.35. The van der Waals surface area contributed by atoms with Gasteiger partial charge < -0.3 is 0 Å². The fourth-order valence-electron chi connectivity index (χ4n) is 1.16. The SMILES string of the molecule is Cc1ccnc(Sc2cc(C#N)cc(Cl)n2)n1. The molecule has 2 aromatic heterocycles. The van der Waals surface area contributed by atoms with Crippen molar-refractivity contribution in [3.8, 4) is 6.07 Å². The number of pyridine rings is 1. The molecule has 0 atom stereocenters. The van der Waals surface area contributed by atoms with Crippen LogP contribution >= 0.6 is 23.4 Å². The predicted molar refractivity (Wildman–Crippen MR) is 64.9 cm³/mol. The molecule has 0 spiro atoms. The highest BCUT2D eigenvalue weighted by Gasteiger charge is 2.05. The number of aryl methyl sites for hydroxylation is 1. The summed E-state index contributed by atoms with van der Waals surface area (Å²) in [5, 5.41) is 10.3. The molecule has 2 heterocycles. The molecule has 0 unspecified atom stereocenters. The molecule has 6 heteroatoms. The molecule has 17 heavy (non-hydrogen) atoms. The number of nitriles is 1. The van der Waals surface area contributed by atoms with E-state index in [1.807, 2.05) is 19.1 Å². The van der Waals surface area contributed by atoms with Gasteiger partial charge in [-0.3, -0.25) is 0 Å². The molecule has 0 bridgehead atoms. The van der Waals surface area contributed by atoms with E-state index in [9.17, 15) is 0 Å². The molecule has 0 fully saturated rings. The van der Waals surface area contributed by atoms with Gasteiger partial charge in [-0.15, -0.1) is 0 Å². The van der Waals surface area contributed by atoms with Crippen molar-refractivity contribution in [1.82, 2.24) is 15.0 Å². The van der Waals surface area contributed by atoms with E-state index < -0.39 is 0 Å². The van der Waals surface area contributed by atoms with Gasteiger partial charge in [0.2, 0.25) is 0 Å². The second kappa shape index (κ2) is 5.13. The molecule has 0 aliphatic heterocycles. The third kappa shape index (κ3) is 3.16. The lowest BCUT2D eigenvalue weighted by Crippen LogP contribution is -1.90. The van der Waals surface area contributed by atoms with Gasteiger partial charge in [-0.05, 0) is 36.9 Å². The van der Waals surface area contributed by atoms with E-state index in [0.29, 0.717) is 20.9 Å². The maximum atomic E-state index is 8.82. The van der Waals surface area contributed by atoms with Crippen molar-refractivity contribution < 1.29 is 0 Å². The maximum Gasteiger partial charge on any atom is 0.194 e. The van der Waals surface area contributed by atoms with Gasteiger partial charge in [0, 0.05) is 11.9 Å². The highest BCUT2D eigenvalue weighted by atomic mass is 35.5. The molecule has 0 aliphatic carbocycles. The third-order valence-corrected chi connectivity index (χ3v) is 2.86. The Bertz CT molecular complexity index is 594. The van der Waals surface area contributed by atoms with Crippen LogP contribution in [-0.4, -0.2) is 15.0 Å². The van der Waals surface area contributed by atoms with Crippen LogP contribution in [0.1, 0.15) is 11.3 Å². The number of halogens is 1. The Morgan fingerprint density at radius 3 is 2.88 bits per heavy atom. The number of rotatable bonds is 2. The van der Waals surface area contributed by atoms with Crippen molar-refractivity contribution in [3.63, 3.8) is 0 Å². The molecule has 0 saturated heterocycles. The van der Waals surface area contributed by atoms with Crippen LogP contribution in [0.4, 0.5) is 0 Å². The van der Waals surface area contributed by atoms with Gasteiger partial charge in [0.15, 0.2) is 5.16 Å². The van der Waals surface area contributed by atoms with E-state index in [1.165, 1.54) is 17.8 Å². The lowest BCUT2D eigenvalue weighted by molar-refractivity contribution is 0.927. The van der Waals surface area contributed by atoms with E-state index in [0.717, 1.165) is 5.69 Å². The van der Waals surface area contributed by atoms with E-state index in [4.69, 9.17) is 16.9 Å². The number of hydrogen-bond acceptors (Lipinski definition) is 5. The Labute approximate surface area is 108 Å². The summed E-state index contributed by atoms with van der Waals surface area (Å²) in [6.45, 7) is 1.89. The van der Waals surface area contributed by atoms with Crippen LogP contribution in [0.2, 0.25) is 5.15 Å². The van der Waals surface area contributed by atoms with Crippen molar-refractivity contribution in [1.29, 1.82) is 5.26 Å². The van der Waals surface area contributed by atoms with Gasteiger partial charge in [0.05, 0.1) is 11.6 Å². The Kier molecular flexibility index (Phi) is 3.57. The topological polar surface area (TPSA) is 62.5 Å². The summed E-state index contributed by atoms with van der Waals surface area (Å²) in [6, 6.07) is 7.01. The van der Waals surface area contributed by atoms with Crippen LogP contribution in [0.15, 0.2) is 34.6 Å². The molecule has 0 amide bonds. The van der Waals surface area contributed by atoms with Gasteiger partial charge in [-0.2, -0.15) is 5.26 Å². The normalized spacial score (nSPS) is 9.94. The molecular weight excluding hydrogens is 256 g/mol. The molecule has 0 aliphatic rings. The molecule has 0 radical (unpaired) electrons. The summed E-state index contributed by atoms with van der Waals surface area (Å²) in [5.74, 6) is 0. The minimum atomic E-state index is 0.291. The van der Waals surface area contributed by atoms with E-state index in [1.54, 1.807) is 12.3 Å². The Balaban J connectivity index is 2.30. The highest BCUT2D eigenvalue weighted by molar-refractivity contribution is 7.99. The molecule has 0 saturated carbocycles.